The van der Waals surface area contributed by atoms with Gasteiger partial charge in [0.15, 0.2) is 0 Å². The van der Waals surface area contributed by atoms with Crippen molar-refractivity contribution in [2.24, 2.45) is 5.92 Å². The van der Waals surface area contributed by atoms with Gasteiger partial charge < -0.3 is 4.90 Å². The molecule has 1 fully saturated rings. The van der Waals surface area contributed by atoms with Gasteiger partial charge in [-0.15, -0.1) is 0 Å². The van der Waals surface area contributed by atoms with Gasteiger partial charge in [-0.25, -0.2) is 0 Å². The van der Waals surface area contributed by atoms with Gasteiger partial charge in [-0.3, -0.25) is 4.79 Å². The lowest BCUT2D eigenvalue weighted by Crippen LogP contribution is -2.46. The zero-order valence-corrected chi connectivity index (χ0v) is 9.78. The highest BCUT2D eigenvalue weighted by atomic mass is 19.4. The third-order valence-corrected chi connectivity index (χ3v) is 3.14. The van der Waals surface area contributed by atoms with E-state index in [-0.39, 0.29) is 13.0 Å². The van der Waals surface area contributed by atoms with E-state index >= 15 is 0 Å². The van der Waals surface area contributed by atoms with E-state index in [0.29, 0.717) is 13.0 Å². The van der Waals surface area contributed by atoms with Crippen molar-refractivity contribution >= 4 is 5.91 Å². The minimum absolute atomic E-state index is 0.0897. The van der Waals surface area contributed by atoms with Crippen LogP contribution in [0.4, 0.5) is 13.2 Å². The molecular weight excluding hydrogens is 243 g/mol. The Bertz CT molecular complexity index is 416. The molecule has 1 amide bonds. The maximum absolute atomic E-state index is 12.7. The van der Waals surface area contributed by atoms with Gasteiger partial charge in [0.1, 0.15) is 5.92 Å². The fraction of sp³-hybridized carbons (Fsp3) is 0.462. The number of nitrogens with zero attached hydrogens (tertiary/aromatic N) is 1. The molecule has 0 radical (unpaired) electrons. The zero-order valence-electron chi connectivity index (χ0n) is 9.78. The van der Waals surface area contributed by atoms with E-state index in [0.717, 1.165) is 5.56 Å². The summed E-state index contributed by atoms with van der Waals surface area (Å²) in [6, 6.07) is 9.07. The smallest absolute Gasteiger partial charge is 0.338 e. The van der Waals surface area contributed by atoms with Crippen molar-refractivity contribution in [3.05, 3.63) is 35.9 Å². The number of rotatable bonds is 2. The first-order chi connectivity index (χ1) is 8.48. The standard InChI is InChI=1S/C13H14F3NO/c14-13(15,16)11-7-4-8-17(12(11)18)9-10-5-2-1-3-6-10/h1-3,5-6,11H,4,7-9H2. The van der Waals surface area contributed by atoms with E-state index in [4.69, 9.17) is 0 Å². The molecule has 1 aliphatic rings. The summed E-state index contributed by atoms with van der Waals surface area (Å²) >= 11 is 0. The van der Waals surface area contributed by atoms with Crippen molar-refractivity contribution < 1.29 is 18.0 Å². The first-order valence-corrected chi connectivity index (χ1v) is 5.88. The van der Waals surface area contributed by atoms with Crippen LogP contribution in [0.3, 0.4) is 0 Å². The number of carbonyl (C=O) groups excluding carboxylic acids is 1. The second-order valence-electron chi connectivity index (χ2n) is 4.48. The molecular formula is C13H14F3NO. The second-order valence-corrected chi connectivity index (χ2v) is 4.48. The minimum Gasteiger partial charge on any atom is -0.338 e. The summed E-state index contributed by atoms with van der Waals surface area (Å²) in [5, 5.41) is 0. The molecule has 2 rings (SSSR count). The first-order valence-electron chi connectivity index (χ1n) is 5.88. The van der Waals surface area contributed by atoms with Crippen LogP contribution in [0.2, 0.25) is 0 Å². The Morgan fingerprint density at radius 2 is 1.89 bits per heavy atom. The number of likely N-dealkylation sites (tertiary alicyclic amines) is 1. The maximum Gasteiger partial charge on any atom is 0.400 e. The van der Waals surface area contributed by atoms with Crippen molar-refractivity contribution in [2.75, 3.05) is 6.54 Å². The molecule has 18 heavy (non-hydrogen) atoms. The normalized spacial score (nSPS) is 21.2. The van der Waals surface area contributed by atoms with E-state index in [1.165, 1.54) is 4.90 Å². The molecule has 0 saturated carbocycles. The van der Waals surface area contributed by atoms with Crippen LogP contribution in [0.1, 0.15) is 18.4 Å². The maximum atomic E-state index is 12.7. The van der Waals surface area contributed by atoms with Crippen LogP contribution in [0.5, 0.6) is 0 Å². The van der Waals surface area contributed by atoms with Crippen LogP contribution in [-0.2, 0) is 11.3 Å². The molecule has 0 spiro atoms. The number of alkyl halides is 3. The Balaban J connectivity index is 2.08. The van der Waals surface area contributed by atoms with Crippen LogP contribution < -0.4 is 0 Å². The van der Waals surface area contributed by atoms with Crippen LogP contribution in [0, 0.1) is 5.92 Å². The molecule has 1 saturated heterocycles. The van der Waals surface area contributed by atoms with Crippen molar-refractivity contribution in [3.63, 3.8) is 0 Å². The van der Waals surface area contributed by atoms with Crippen LogP contribution >= 0.6 is 0 Å². The number of amides is 1. The number of piperidine rings is 1. The molecule has 1 atom stereocenters. The Kier molecular flexibility index (Phi) is 3.59. The molecule has 0 aromatic heterocycles. The van der Waals surface area contributed by atoms with Gasteiger partial charge in [0.25, 0.3) is 0 Å². The molecule has 5 heteroatoms. The lowest BCUT2D eigenvalue weighted by Gasteiger charge is -2.33. The monoisotopic (exact) mass is 257 g/mol. The van der Waals surface area contributed by atoms with Gasteiger partial charge in [-0.2, -0.15) is 13.2 Å². The molecule has 1 unspecified atom stereocenters. The zero-order chi connectivity index (χ0) is 13.2. The average Bonchev–Trinajstić information content (AvgIpc) is 2.32. The van der Waals surface area contributed by atoms with Gasteiger partial charge in [-0.05, 0) is 18.4 Å². The number of benzene rings is 1. The number of hydrogen-bond donors (Lipinski definition) is 0. The van der Waals surface area contributed by atoms with E-state index < -0.39 is 18.0 Å². The van der Waals surface area contributed by atoms with Crippen LogP contribution in [0.15, 0.2) is 30.3 Å². The summed E-state index contributed by atoms with van der Waals surface area (Å²) in [6.45, 7) is 0.659. The SMILES string of the molecule is O=C1C(C(F)(F)F)CCCN1Cc1ccccc1. The van der Waals surface area contributed by atoms with Crippen molar-refractivity contribution in [2.45, 2.75) is 25.6 Å². The van der Waals surface area contributed by atoms with Gasteiger partial charge >= 0.3 is 6.18 Å². The molecule has 1 aliphatic heterocycles. The highest BCUT2D eigenvalue weighted by Crippen LogP contribution is 2.34. The van der Waals surface area contributed by atoms with Gasteiger partial charge in [0.2, 0.25) is 5.91 Å². The Hall–Kier alpha value is -1.52. The fourth-order valence-corrected chi connectivity index (χ4v) is 2.20. The molecule has 1 aromatic rings. The highest BCUT2D eigenvalue weighted by Gasteiger charge is 2.47. The largest absolute Gasteiger partial charge is 0.400 e. The highest BCUT2D eigenvalue weighted by molar-refractivity contribution is 5.80. The molecule has 1 heterocycles. The predicted molar refractivity (Wildman–Crippen MR) is 60.6 cm³/mol. The quantitative estimate of drug-likeness (QED) is 0.797. The number of carbonyl (C=O) groups is 1. The van der Waals surface area contributed by atoms with Crippen molar-refractivity contribution in [1.82, 2.24) is 4.90 Å². The van der Waals surface area contributed by atoms with E-state index in [2.05, 4.69) is 0 Å². The van der Waals surface area contributed by atoms with Crippen LogP contribution in [-0.4, -0.2) is 23.5 Å². The first kappa shape index (κ1) is 12.9. The Morgan fingerprint density at radius 3 is 2.50 bits per heavy atom. The van der Waals surface area contributed by atoms with E-state index in [1.54, 1.807) is 0 Å². The molecule has 0 aliphatic carbocycles. The van der Waals surface area contributed by atoms with Gasteiger partial charge in [0, 0.05) is 13.1 Å². The summed E-state index contributed by atoms with van der Waals surface area (Å²) < 4.78 is 38.0. The summed E-state index contributed by atoms with van der Waals surface area (Å²) in [6.07, 6.45) is -4.11. The Morgan fingerprint density at radius 1 is 1.22 bits per heavy atom. The minimum atomic E-state index is -4.42. The van der Waals surface area contributed by atoms with Crippen LogP contribution in [0.25, 0.3) is 0 Å². The summed E-state index contributed by atoms with van der Waals surface area (Å²) in [5.41, 5.74) is 0.855. The molecule has 2 nitrogen and oxygen atoms in total. The van der Waals surface area contributed by atoms with Crippen molar-refractivity contribution in [1.29, 1.82) is 0 Å². The van der Waals surface area contributed by atoms with Gasteiger partial charge in [-0.1, -0.05) is 30.3 Å². The molecule has 0 N–H and O–H groups in total. The number of halogens is 3. The lowest BCUT2D eigenvalue weighted by atomic mass is 9.96. The predicted octanol–water partition coefficient (Wildman–Crippen LogP) is 2.99. The Labute approximate surface area is 103 Å². The molecule has 98 valence electrons. The third-order valence-electron chi connectivity index (χ3n) is 3.14. The van der Waals surface area contributed by atoms with E-state index in [1.807, 2.05) is 30.3 Å². The molecule has 0 bridgehead atoms. The molecule has 1 aromatic carbocycles. The third kappa shape index (κ3) is 2.83. The summed E-state index contributed by atoms with van der Waals surface area (Å²) in [4.78, 5) is 13.1. The average molecular weight is 257 g/mol. The number of hydrogen-bond acceptors (Lipinski definition) is 1. The van der Waals surface area contributed by atoms with Gasteiger partial charge in [0.05, 0.1) is 0 Å². The summed E-state index contributed by atoms with van der Waals surface area (Å²) in [7, 11) is 0. The fourth-order valence-electron chi connectivity index (χ4n) is 2.20. The lowest BCUT2D eigenvalue weighted by molar-refractivity contribution is -0.195. The van der Waals surface area contributed by atoms with E-state index in [9.17, 15) is 18.0 Å². The topological polar surface area (TPSA) is 20.3 Å². The summed E-state index contributed by atoms with van der Waals surface area (Å²) in [5.74, 6) is -2.62. The second kappa shape index (κ2) is 5.00. The van der Waals surface area contributed by atoms with Crippen molar-refractivity contribution in [3.8, 4) is 0 Å².